The highest BCUT2D eigenvalue weighted by molar-refractivity contribution is 5.40. The minimum Gasteiger partial charge on any atom is -0.493 e. The van der Waals surface area contributed by atoms with E-state index in [-0.39, 0.29) is 12.3 Å². The molecule has 0 atom stereocenters. The lowest BCUT2D eigenvalue weighted by Gasteiger charge is -2.09. The molecule has 0 N–H and O–H groups in total. The number of carbonyl (C=O) groups excluding carboxylic acids is 1. The van der Waals surface area contributed by atoms with Crippen molar-refractivity contribution >= 4 is 6.08 Å². The lowest BCUT2D eigenvalue weighted by Crippen LogP contribution is -1.98. The van der Waals surface area contributed by atoms with E-state index < -0.39 is 5.82 Å². The van der Waals surface area contributed by atoms with Gasteiger partial charge in [-0.2, -0.15) is 0 Å². The normalized spacial score (nSPS) is 9.69. The van der Waals surface area contributed by atoms with E-state index in [2.05, 4.69) is 4.99 Å². The van der Waals surface area contributed by atoms with Gasteiger partial charge in [0.05, 0.1) is 20.3 Å². The van der Waals surface area contributed by atoms with Gasteiger partial charge in [-0.15, -0.1) is 0 Å². The summed E-state index contributed by atoms with van der Waals surface area (Å²) in [5.74, 6) is -0.396. The standard InChI is InChI=1S/C11H12FNO3/c1-15-6-8-3-9(5-13-7-14)11(16-2)10(12)4-8/h3-4H,5-6H2,1-2H3. The molecule has 0 saturated carbocycles. The highest BCUT2D eigenvalue weighted by atomic mass is 19.1. The molecule has 1 rings (SSSR count). The van der Waals surface area contributed by atoms with Gasteiger partial charge in [0, 0.05) is 12.7 Å². The molecule has 0 fully saturated rings. The number of ether oxygens (including phenoxy) is 2. The van der Waals surface area contributed by atoms with E-state index in [0.29, 0.717) is 17.7 Å². The summed E-state index contributed by atoms with van der Waals surface area (Å²) < 4.78 is 23.3. The summed E-state index contributed by atoms with van der Waals surface area (Å²) in [7, 11) is 2.88. The van der Waals surface area contributed by atoms with Gasteiger partial charge in [0.1, 0.15) is 0 Å². The summed E-state index contributed by atoms with van der Waals surface area (Å²) in [5.41, 5.74) is 1.16. The molecule has 5 heteroatoms. The van der Waals surface area contributed by atoms with Crippen LogP contribution in [0.15, 0.2) is 17.1 Å². The average molecular weight is 225 g/mol. The van der Waals surface area contributed by atoms with Crippen molar-refractivity contribution in [1.29, 1.82) is 0 Å². The monoisotopic (exact) mass is 225 g/mol. The molecule has 0 aromatic heterocycles. The van der Waals surface area contributed by atoms with Crippen LogP contribution in [0.5, 0.6) is 5.75 Å². The minimum absolute atomic E-state index is 0.0428. The number of halogens is 1. The molecule has 0 aliphatic heterocycles. The number of nitrogens with zero attached hydrogens (tertiary/aromatic N) is 1. The van der Waals surface area contributed by atoms with E-state index >= 15 is 0 Å². The van der Waals surface area contributed by atoms with E-state index in [1.807, 2.05) is 0 Å². The molecule has 86 valence electrons. The van der Waals surface area contributed by atoms with Crippen LogP contribution in [0.25, 0.3) is 0 Å². The van der Waals surface area contributed by atoms with Crippen molar-refractivity contribution in [2.45, 2.75) is 13.2 Å². The smallest absolute Gasteiger partial charge is 0.235 e. The zero-order valence-electron chi connectivity index (χ0n) is 9.12. The Labute approximate surface area is 92.7 Å². The lowest BCUT2D eigenvalue weighted by atomic mass is 10.1. The van der Waals surface area contributed by atoms with Gasteiger partial charge >= 0.3 is 0 Å². The Morgan fingerprint density at radius 3 is 2.75 bits per heavy atom. The Morgan fingerprint density at radius 2 is 2.19 bits per heavy atom. The van der Waals surface area contributed by atoms with Gasteiger partial charge in [0.2, 0.25) is 6.08 Å². The van der Waals surface area contributed by atoms with E-state index in [0.717, 1.165) is 0 Å². The molecule has 1 aromatic rings. The van der Waals surface area contributed by atoms with E-state index in [9.17, 15) is 9.18 Å². The van der Waals surface area contributed by atoms with Crippen LogP contribution in [0.3, 0.4) is 0 Å². The minimum atomic E-state index is -0.492. The summed E-state index contributed by atoms with van der Waals surface area (Å²) in [6.45, 7) is 0.333. The van der Waals surface area contributed by atoms with Crippen molar-refractivity contribution in [1.82, 2.24) is 0 Å². The molecule has 0 bridgehead atoms. The summed E-state index contributed by atoms with van der Waals surface area (Å²) in [5, 5.41) is 0. The molecule has 0 saturated heterocycles. The van der Waals surface area contributed by atoms with Crippen molar-refractivity contribution in [2.75, 3.05) is 14.2 Å². The van der Waals surface area contributed by atoms with E-state index in [4.69, 9.17) is 9.47 Å². The summed E-state index contributed by atoms with van der Waals surface area (Å²) in [4.78, 5) is 13.4. The molecule has 0 aliphatic rings. The molecule has 4 nitrogen and oxygen atoms in total. The van der Waals surface area contributed by atoms with Gasteiger partial charge in [-0.3, -0.25) is 0 Å². The van der Waals surface area contributed by atoms with Crippen molar-refractivity contribution < 1.29 is 18.7 Å². The fourth-order valence-electron chi connectivity index (χ4n) is 1.43. The largest absolute Gasteiger partial charge is 0.493 e. The fraction of sp³-hybridized carbons (Fsp3) is 0.364. The third kappa shape index (κ3) is 2.89. The third-order valence-electron chi connectivity index (χ3n) is 2.01. The van der Waals surface area contributed by atoms with Crippen LogP contribution in [0.1, 0.15) is 11.1 Å². The second-order valence-corrected chi connectivity index (χ2v) is 3.11. The van der Waals surface area contributed by atoms with Crippen molar-refractivity contribution in [3.63, 3.8) is 0 Å². The molecule has 1 aromatic carbocycles. The van der Waals surface area contributed by atoms with Crippen LogP contribution >= 0.6 is 0 Å². The molecule has 0 heterocycles. The Bertz CT molecular complexity index is 414. The Hall–Kier alpha value is -1.71. The highest BCUT2D eigenvalue weighted by Crippen LogP contribution is 2.25. The van der Waals surface area contributed by atoms with Gasteiger partial charge < -0.3 is 9.47 Å². The number of isocyanates is 1. The SMILES string of the molecule is COCc1cc(F)c(OC)c(CN=C=O)c1. The maximum Gasteiger partial charge on any atom is 0.235 e. The molecular formula is C11H12FNO3. The molecule has 0 spiro atoms. The van der Waals surface area contributed by atoms with Gasteiger partial charge in [-0.1, -0.05) is 0 Å². The second kappa shape index (κ2) is 6.00. The topological polar surface area (TPSA) is 47.9 Å². The predicted molar refractivity (Wildman–Crippen MR) is 55.5 cm³/mol. The van der Waals surface area contributed by atoms with Crippen LogP contribution in [0, 0.1) is 5.82 Å². The molecule has 0 amide bonds. The zero-order chi connectivity index (χ0) is 12.0. The fourth-order valence-corrected chi connectivity index (χ4v) is 1.43. The van der Waals surface area contributed by atoms with Gasteiger partial charge in [0.25, 0.3) is 0 Å². The van der Waals surface area contributed by atoms with Crippen molar-refractivity contribution in [3.05, 3.63) is 29.1 Å². The summed E-state index contributed by atoms with van der Waals surface area (Å²) >= 11 is 0. The molecule has 0 aliphatic carbocycles. The van der Waals surface area contributed by atoms with Gasteiger partial charge in [-0.25, -0.2) is 14.2 Å². The first-order valence-corrected chi connectivity index (χ1v) is 4.60. The quantitative estimate of drug-likeness (QED) is 0.567. The molecule has 0 radical (unpaired) electrons. The Balaban J connectivity index is 3.13. The van der Waals surface area contributed by atoms with E-state index in [1.165, 1.54) is 26.4 Å². The van der Waals surface area contributed by atoms with Crippen LogP contribution < -0.4 is 4.74 Å². The summed E-state index contributed by atoms with van der Waals surface area (Å²) in [6.07, 6.45) is 1.40. The van der Waals surface area contributed by atoms with Crippen molar-refractivity contribution in [2.24, 2.45) is 4.99 Å². The molecule has 16 heavy (non-hydrogen) atoms. The first kappa shape index (κ1) is 12.4. The first-order chi connectivity index (χ1) is 7.72. The zero-order valence-corrected chi connectivity index (χ0v) is 9.12. The maximum atomic E-state index is 13.5. The highest BCUT2D eigenvalue weighted by Gasteiger charge is 2.11. The second-order valence-electron chi connectivity index (χ2n) is 3.11. The van der Waals surface area contributed by atoms with Crippen LogP contribution in [-0.4, -0.2) is 20.3 Å². The molecular weight excluding hydrogens is 213 g/mol. The Morgan fingerprint density at radius 1 is 1.44 bits per heavy atom. The number of benzene rings is 1. The number of rotatable bonds is 5. The average Bonchev–Trinajstić information content (AvgIpc) is 2.26. The number of aliphatic imine (C=N–C) groups is 1. The van der Waals surface area contributed by atoms with Crippen LogP contribution in [-0.2, 0) is 22.7 Å². The maximum absolute atomic E-state index is 13.5. The van der Waals surface area contributed by atoms with E-state index in [1.54, 1.807) is 6.07 Å². The third-order valence-corrected chi connectivity index (χ3v) is 2.01. The number of methoxy groups -OCH3 is 2. The van der Waals surface area contributed by atoms with Crippen LogP contribution in [0.2, 0.25) is 0 Å². The van der Waals surface area contributed by atoms with Gasteiger partial charge in [-0.05, 0) is 17.7 Å². The number of hydrogen-bond donors (Lipinski definition) is 0. The molecule has 0 unspecified atom stereocenters. The lowest BCUT2D eigenvalue weighted by molar-refractivity contribution is 0.184. The van der Waals surface area contributed by atoms with Crippen molar-refractivity contribution in [3.8, 4) is 5.75 Å². The van der Waals surface area contributed by atoms with Crippen LogP contribution in [0.4, 0.5) is 4.39 Å². The number of hydrogen-bond acceptors (Lipinski definition) is 4. The predicted octanol–water partition coefficient (Wildman–Crippen LogP) is 1.82. The summed E-state index contributed by atoms with van der Waals surface area (Å²) in [6, 6.07) is 3.02. The Kier molecular flexibility index (Phi) is 4.64. The van der Waals surface area contributed by atoms with Gasteiger partial charge in [0.15, 0.2) is 11.6 Å². The first-order valence-electron chi connectivity index (χ1n) is 4.60.